The number of carbonyl (C=O) groups excluding carboxylic acids is 2. The summed E-state index contributed by atoms with van der Waals surface area (Å²) in [7, 11) is 1.79. The maximum Gasteiger partial charge on any atom is 0.257 e. The molecule has 31 heavy (non-hydrogen) atoms. The second kappa shape index (κ2) is 10.4. The normalized spacial score (nSPS) is 18.1. The zero-order valence-electron chi connectivity index (χ0n) is 18.1. The van der Waals surface area contributed by atoms with Crippen molar-refractivity contribution < 1.29 is 14.3 Å². The second-order valence-corrected chi connectivity index (χ2v) is 8.96. The molecule has 7 heteroatoms. The number of ether oxygens (including phenoxy) is 1. The lowest BCUT2D eigenvalue weighted by atomic mass is 10.0. The smallest absolute Gasteiger partial charge is 0.257 e. The Hall–Kier alpha value is -2.24. The standard InChI is InChI=1S/C24H28Cl2N2O3/c1-16(2)20-15-31-21-12-5-4-9-17(21)23(29)27(3)13-6-7-14-28(20)24(30)22-18(25)10-8-11-19(22)26/h4-5,8-12,16,20H,6-7,13-15H2,1-3H3/t20-/m1/s1. The summed E-state index contributed by atoms with van der Waals surface area (Å²) in [6.45, 7) is 5.49. The van der Waals surface area contributed by atoms with Crippen molar-refractivity contribution in [3.63, 3.8) is 0 Å². The van der Waals surface area contributed by atoms with Crippen molar-refractivity contribution in [1.82, 2.24) is 9.80 Å². The van der Waals surface area contributed by atoms with Crippen LogP contribution in [0.15, 0.2) is 42.5 Å². The maximum atomic E-state index is 13.6. The van der Waals surface area contributed by atoms with Gasteiger partial charge in [0, 0.05) is 20.1 Å². The Bertz CT molecular complexity index is 928. The predicted molar refractivity (Wildman–Crippen MR) is 124 cm³/mol. The van der Waals surface area contributed by atoms with E-state index in [9.17, 15) is 9.59 Å². The van der Waals surface area contributed by atoms with Gasteiger partial charge in [-0.25, -0.2) is 0 Å². The highest BCUT2D eigenvalue weighted by molar-refractivity contribution is 6.39. The van der Waals surface area contributed by atoms with Crippen LogP contribution in [0.2, 0.25) is 10.0 Å². The summed E-state index contributed by atoms with van der Waals surface area (Å²) >= 11 is 12.7. The Kier molecular flexibility index (Phi) is 7.84. The third-order valence-electron chi connectivity index (χ3n) is 5.62. The van der Waals surface area contributed by atoms with Crippen molar-refractivity contribution in [2.24, 2.45) is 5.92 Å². The van der Waals surface area contributed by atoms with Gasteiger partial charge in [0.15, 0.2) is 0 Å². The summed E-state index contributed by atoms with van der Waals surface area (Å²) in [5.74, 6) is 0.383. The summed E-state index contributed by atoms with van der Waals surface area (Å²) < 4.78 is 6.12. The van der Waals surface area contributed by atoms with Crippen molar-refractivity contribution >= 4 is 35.0 Å². The van der Waals surface area contributed by atoms with E-state index >= 15 is 0 Å². The van der Waals surface area contributed by atoms with Gasteiger partial charge in [0.05, 0.1) is 27.2 Å². The summed E-state index contributed by atoms with van der Waals surface area (Å²) in [5, 5.41) is 0.672. The predicted octanol–water partition coefficient (Wildman–Crippen LogP) is 5.41. The van der Waals surface area contributed by atoms with E-state index in [1.54, 1.807) is 42.3 Å². The SMILES string of the molecule is CC(C)[C@H]1COc2ccccc2C(=O)N(C)CCCCN1C(=O)c1c(Cl)cccc1Cl. The molecule has 5 nitrogen and oxygen atoms in total. The molecule has 3 rings (SSSR count). The molecule has 0 saturated carbocycles. The van der Waals surface area contributed by atoms with Crippen LogP contribution < -0.4 is 4.74 Å². The molecule has 1 aliphatic heterocycles. The van der Waals surface area contributed by atoms with Gasteiger partial charge < -0.3 is 14.5 Å². The number of benzene rings is 2. The molecule has 2 amide bonds. The van der Waals surface area contributed by atoms with E-state index in [4.69, 9.17) is 27.9 Å². The van der Waals surface area contributed by atoms with Crippen molar-refractivity contribution in [3.8, 4) is 5.75 Å². The molecule has 2 aromatic carbocycles. The topological polar surface area (TPSA) is 49.9 Å². The lowest BCUT2D eigenvalue weighted by Gasteiger charge is -2.35. The Morgan fingerprint density at radius 3 is 2.35 bits per heavy atom. The van der Waals surface area contributed by atoms with E-state index in [2.05, 4.69) is 13.8 Å². The lowest BCUT2D eigenvalue weighted by Crippen LogP contribution is -2.47. The Morgan fingerprint density at radius 2 is 1.68 bits per heavy atom. The highest BCUT2D eigenvalue weighted by atomic mass is 35.5. The molecular weight excluding hydrogens is 435 g/mol. The van der Waals surface area contributed by atoms with E-state index < -0.39 is 0 Å². The van der Waals surface area contributed by atoms with Gasteiger partial charge in [0.2, 0.25) is 0 Å². The summed E-state index contributed by atoms with van der Waals surface area (Å²) in [4.78, 5) is 29.9. The van der Waals surface area contributed by atoms with Crippen LogP contribution in [0.4, 0.5) is 0 Å². The van der Waals surface area contributed by atoms with Crippen LogP contribution in [0, 0.1) is 5.92 Å². The molecule has 0 aromatic heterocycles. The number of hydrogen-bond donors (Lipinski definition) is 0. The zero-order chi connectivity index (χ0) is 22.5. The summed E-state index contributed by atoms with van der Waals surface area (Å²) in [6.07, 6.45) is 1.52. The van der Waals surface area contributed by atoms with Crippen LogP contribution in [-0.2, 0) is 0 Å². The molecule has 1 aliphatic rings. The average molecular weight is 463 g/mol. The molecule has 1 atom stereocenters. The minimum atomic E-state index is -0.208. The van der Waals surface area contributed by atoms with Crippen LogP contribution >= 0.6 is 23.2 Å². The van der Waals surface area contributed by atoms with Gasteiger partial charge in [-0.1, -0.05) is 55.2 Å². The van der Waals surface area contributed by atoms with Crippen molar-refractivity contribution in [2.45, 2.75) is 32.7 Å². The van der Waals surface area contributed by atoms with Crippen molar-refractivity contribution in [2.75, 3.05) is 26.7 Å². The van der Waals surface area contributed by atoms with Crippen LogP contribution in [0.5, 0.6) is 5.75 Å². The molecule has 0 fully saturated rings. The van der Waals surface area contributed by atoms with E-state index in [1.165, 1.54) is 0 Å². The number of para-hydroxylation sites is 1. The van der Waals surface area contributed by atoms with E-state index in [-0.39, 0.29) is 30.4 Å². The molecule has 0 bridgehead atoms. The highest BCUT2D eigenvalue weighted by Crippen LogP contribution is 2.29. The van der Waals surface area contributed by atoms with Gasteiger partial charge >= 0.3 is 0 Å². The largest absolute Gasteiger partial charge is 0.491 e. The fourth-order valence-electron chi connectivity index (χ4n) is 3.79. The zero-order valence-corrected chi connectivity index (χ0v) is 19.6. The first-order valence-corrected chi connectivity index (χ1v) is 11.3. The Labute approximate surface area is 193 Å². The molecule has 0 spiro atoms. The third-order valence-corrected chi connectivity index (χ3v) is 6.25. The molecule has 0 aliphatic carbocycles. The first kappa shape index (κ1) is 23.4. The van der Waals surface area contributed by atoms with Crippen LogP contribution in [0.25, 0.3) is 0 Å². The van der Waals surface area contributed by atoms with E-state index in [1.807, 2.05) is 17.0 Å². The maximum absolute atomic E-state index is 13.6. The highest BCUT2D eigenvalue weighted by Gasteiger charge is 2.31. The fourth-order valence-corrected chi connectivity index (χ4v) is 4.35. The number of carbonyl (C=O) groups is 2. The number of fused-ring (bicyclic) bond motifs is 1. The van der Waals surface area contributed by atoms with Gasteiger partial charge in [-0.2, -0.15) is 0 Å². The molecule has 0 saturated heterocycles. The Balaban J connectivity index is 1.98. The molecule has 1 heterocycles. The van der Waals surface area contributed by atoms with Gasteiger partial charge in [-0.15, -0.1) is 0 Å². The number of amides is 2. The van der Waals surface area contributed by atoms with E-state index in [0.29, 0.717) is 40.0 Å². The molecule has 0 radical (unpaired) electrons. The van der Waals surface area contributed by atoms with Crippen molar-refractivity contribution in [1.29, 1.82) is 0 Å². The van der Waals surface area contributed by atoms with Crippen LogP contribution in [-0.4, -0.2) is 54.4 Å². The third kappa shape index (κ3) is 5.34. The number of nitrogens with zero attached hydrogens (tertiary/aromatic N) is 2. The van der Waals surface area contributed by atoms with Crippen LogP contribution in [0.1, 0.15) is 47.4 Å². The average Bonchev–Trinajstić information content (AvgIpc) is 2.73. The lowest BCUT2D eigenvalue weighted by molar-refractivity contribution is 0.0515. The molecule has 166 valence electrons. The summed E-state index contributed by atoms with van der Waals surface area (Å²) in [6, 6.07) is 12.1. The van der Waals surface area contributed by atoms with Gasteiger partial charge in [-0.3, -0.25) is 9.59 Å². The fraction of sp³-hybridized carbons (Fsp3) is 0.417. The minimum absolute atomic E-state index is 0.0620. The monoisotopic (exact) mass is 462 g/mol. The summed E-state index contributed by atoms with van der Waals surface area (Å²) in [5.41, 5.74) is 0.844. The second-order valence-electron chi connectivity index (χ2n) is 8.15. The van der Waals surface area contributed by atoms with Crippen LogP contribution in [0.3, 0.4) is 0 Å². The molecule has 0 unspecified atom stereocenters. The first-order valence-electron chi connectivity index (χ1n) is 10.5. The molecule has 2 aromatic rings. The number of rotatable bonds is 2. The Morgan fingerprint density at radius 1 is 1.03 bits per heavy atom. The first-order chi connectivity index (χ1) is 14.8. The van der Waals surface area contributed by atoms with Gasteiger partial charge in [0.1, 0.15) is 12.4 Å². The number of hydrogen-bond acceptors (Lipinski definition) is 3. The van der Waals surface area contributed by atoms with Gasteiger partial charge in [0.25, 0.3) is 11.8 Å². The molecular formula is C24H28Cl2N2O3. The molecule has 0 N–H and O–H groups in total. The van der Waals surface area contributed by atoms with Crippen molar-refractivity contribution in [3.05, 3.63) is 63.6 Å². The van der Waals surface area contributed by atoms with Gasteiger partial charge in [-0.05, 0) is 43.0 Å². The minimum Gasteiger partial charge on any atom is -0.491 e. The van der Waals surface area contributed by atoms with E-state index in [0.717, 1.165) is 12.8 Å². The number of halogens is 2. The quantitative estimate of drug-likeness (QED) is 0.599.